The highest BCUT2D eigenvalue weighted by Gasteiger charge is 2.05. The maximum absolute atomic E-state index is 5.90. The first-order valence-electron chi connectivity index (χ1n) is 5.22. The second-order valence-corrected chi connectivity index (χ2v) is 4.03. The van der Waals surface area contributed by atoms with Crippen LogP contribution in [0, 0.1) is 6.92 Å². The van der Waals surface area contributed by atoms with Crippen LogP contribution in [0.2, 0.25) is 5.15 Å². The Balaban J connectivity index is 1.95. The second-order valence-electron chi connectivity index (χ2n) is 3.67. The van der Waals surface area contributed by atoms with Gasteiger partial charge >= 0.3 is 0 Å². The van der Waals surface area contributed by atoms with E-state index in [4.69, 9.17) is 11.6 Å². The maximum atomic E-state index is 5.90. The molecule has 0 fully saturated rings. The average molecular weight is 253 g/mol. The Labute approximate surface area is 104 Å². The first kappa shape index (κ1) is 11.8. The average Bonchev–Trinajstić information content (AvgIpc) is 2.71. The summed E-state index contributed by atoms with van der Waals surface area (Å²) in [6, 6.07) is 0. The summed E-state index contributed by atoms with van der Waals surface area (Å²) < 4.78 is 1.89. The van der Waals surface area contributed by atoms with Crippen LogP contribution >= 0.6 is 11.6 Å². The third-order valence-electron chi connectivity index (χ3n) is 2.47. The summed E-state index contributed by atoms with van der Waals surface area (Å²) in [7, 11) is 1.92. The molecule has 0 saturated heterocycles. The van der Waals surface area contributed by atoms with Crippen LogP contribution in [-0.4, -0.2) is 31.3 Å². The lowest BCUT2D eigenvalue weighted by Crippen LogP contribution is -2.10. The maximum Gasteiger partial charge on any atom is 0.137 e. The summed E-state index contributed by atoms with van der Waals surface area (Å²) in [5.74, 6) is 1.68. The molecule has 2 heterocycles. The third kappa shape index (κ3) is 2.71. The summed E-state index contributed by atoms with van der Waals surface area (Å²) in [5, 5.41) is 11.5. The van der Waals surface area contributed by atoms with Crippen molar-refractivity contribution < 1.29 is 0 Å². The molecule has 7 heteroatoms. The molecule has 0 aliphatic carbocycles. The Morgan fingerprint density at radius 2 is 2.24 bits per heavy atom. The molecule has 0 aliphatic heterocycles. The van der Waals surface area contributed by atoms with Gasteiger partial charge < -0.3 is 9.88 Å². The Bertz CT molecular complexity index is 509. The molecule has 1 N–H and O–H groups in total. The van der Waals surface area contributed by atoms with Gasteiger partial charge in [-0.15, -0.1) is 10.2 Å². The fourth-order valence-electron chi connectivity index (χ4n) is 1.43. The largest absolute Gasteiger partial charge is 0.369 e. The Morgan fingerprint density at radius 1 is 1.41 bits per heavy atom. The molecule has 6 nitrogen and oxygen atoms in total. The summed E-state index contributed by atoms with van der Waals surface area (Å²) in [6.45, 7) is 2.60. The number of aromatic nitrogens is 5. The van der Waals surface area contributed by atoms with Gasteiger partial charge in [0.2, 0.25) is 0 Å². The van der Waals surface area contributed by atoms with Crippen molar-refractivity contribution in [3.8, 4) is 0 Å². The van der Waals surface area contributed by atoms with Crippen LogP contribution in [0.25, 0.3) is 0 Å². The molecule has 2 rings (SSSR count). The van der Waals surface area contributed by atoms with Gasteiger partial charge in [-0.05, 0) is 6.92 Å². The van der Waals surface area contributed by atoms with E-state index in [2.05, 4.69) is 25.5 Å². The SMILES string of the molecule is Cc1c(Cl)ncnc1NCCc1nncn1C. The molecule has 90 valence electrons. The molecule has 0 amide bonds. The van der Waals surface area contributed by atoms with E-state index in [1.165, 1.54) is 6.33 Å². The highest BCUT2D eigenvalue weighted by molar-refractivity contribution is 6.30. The zero-order valence-corrected chi connectivity index (χ0v) is 10.4. The third-order valence-corrected chi connectivity index (χ3v) is 2.85. The number of nitrogens with zero attached hydrogens (tertiary/aromatic N) is 5. The van der Waals surface area contributed by atoms with Crippen LogP contribution in [0.4, 0.5) is 5.82 Å². The zero-order chi connectivity index (χ0) is 12.3. The van der Waals surface area contributed by atoms with Gasteiger partial charge in [-0.1, -0.05) is 11.6 Å². The van der Waals surface area contributed by atoms with Crippen LogP contribution in [0.5, 0.6) is 0 Å². The molecule has 0 unspecified atom stereocenters. The Morgan fingerprint density at radius 3 is 2.94 bits per heavy atom. The molecular formula is C10H13ClN6. The summed E-state index contributed by atoms with van der Waals surface area (Å²) >= 11 is 5.90. The fraction of sp³-hybridized carbons (Fsp3) is 0.400. The van der Waals surface area contributed by atoms with Gasteiger partial charge in [-0.25, -0.2) is 9.97 Å². The molecule has 0 saturated carbocycles. The Kier molecular flexibility index (Phi) is 3.53. The van der Waals surface area contributed by atoms with Gasteiger partial charge in [0.1, 0.15) is 29.5 Å². The summed E-state index contributed by atoms with van der Waals surface area (Å²) in [4.78, 5) is 8.03. The van der Waals surface area contributed by atoms with Crippen molar-refractivity contribution in [2.24, 2.45) is 7.05 Å². The van der Waals surface area contributed by atoms with Crippen molar-refractivity contribution in [3.63, 3.8) is 0 Å². The zero-order valence-electron chi connectivity index (χ0n) is 9.68. The fourth-order valence-corrected chi connectivity index (χ4v) is 1.57. The van der Waals surface area contributed by atoms with E-state index in [0.29, 0.717) is 5.15 Å². The van der Waals surface area contributed by atoms with Crippen molar-refractivity contribution in [2.75, 3.05) is 11.9 Å². The monoisotopic (exact) mass is 252 g/mol. The lowest BCUT2D eigenvalue weighted by Gasteiger charge is -2.08. The van der Waals surface area contributed by atoms with Crippen LogP contribution in [0.15, 0.2) is 12.7 Å². The smallest absolute Gasteiger partial charge is 0.137 e. The quantitative estimate of drug-likeness (QED) is 0.829. The minimum atomic E-state index is 0.473. The molecule has 0 radical (unpaired) electrons. The van der Waals surface area contributed by atoms with E-state index in [-0.39, 0.29) is 0 Å². The molecule has 0 bridgehead atoms. The Hall–Kier alpha value is -1.69. The van der Waals surface area contributed by atoms with E-state index < -0.39 is 0 Å². The number of aryl methyl sites for hydroxylation is 1. The van der Waals surface area contributed by atoms with E-state index in [0.717, 1.165) is 30.2 Å². The number of nitrogens with one attached hydrogen (secondary N) is 1. The standard InChI is InChI=1S/C10H13ClN6/c1-7-9(11)13-5-14-10(7)12-4-3-8-16-15-6-17(8)2/h5-6H,3-4H2,1-2H3,(H,12,13,14). The number of rotatable bonds is 4. The predicted octanol–water partition coefficient (Wildman–Crippen LogP) is 1.22. The number of hydrogen-bond acceptors (Lipinski definition) is 5. The molecule has 2 aromatic heterocycles. The topological polar surface area (TPSA) is 68.5 Å². The summed E-state index contributed by atoms with van der Waals surface area (Å²) in [5.41, 5.74) is 0.854. The van der Waals surface area contributed by atoms with Gasteiger partial charge in [0.25, 0.3) is 0 Å². The van der Waals surface area contributed by atoms with Crippen LogP contribution in [0.3, 0.4) is 0 Å². The molecule has 0 aliphatic rings. The second kappa shape index (κ2) is 5.09. The molecule has 0 atom stereocenters. The number of halogens is 1. The minimum absolute atomic E-state index is 0.473. The molecule has 2 aromatic rings. The van der Waals surface area contributed by atoms with Gasteiger partial charge in [0.15, 0.2) is 0 Å². The van der Waals surface area contributed by atoms with Crippen LogP contribution in [0.1, 0.15) is 11.4 Å². The number of hydrogen-bond donors (Lipinski definition) is 1. The van der Waals surface area contributed by atoms with Crippen molar-refractivity contribution >= 4 is 17.4 Å². The van der Waals surface area contributed by atoms with Gasteiger partial charge in [-0.3, -0.25) is 0 Å². The number of anilines is 1. The lowest BCUT2D eigenvalue weighted by molar-refractivity contribution is 0.787. The van der Waals surface area contributed by atoms with Gasteiger partial charge in [-0.2, -0.15) is 0 Å². The van der Waals surface area contributed by atoms with Crippen molar-refractivity contribution in [1.82, 2.24) is 24.7 Å². The molecule has 0 aromatic carbocycles. The van der Waals surface area contributed by atoms with E-state index >= 15 is 0 Å². The summed E-state index contributed by atoms with van der Waals surface area (Å²) in [6.07, 6.45) is 3.90. The molecule has 17 heavy (non-hydrogen) atoms. The van der Waals surface area contributed by atoms with Crippen molar-refractivity contribution in [1.29, 1.82) is 0 Å². The first-order valence-corrected chi connectivity index (χ1v) is 5.60. The van der Waals surface area contributed by atoms with E-state index in [1.807, 2.05) is 18.5 Å². The minimum Gasteiger partial charge on any atom is -0.369 e. The van der Waals surface area contributed by atoms with E-state index in [1.54, 1.807) is 6.33 Å². The normalized spacial score (nSPS) is 10.5. The first-order chi connectivity index (χ1) is 8.18. The van der Waals surface area contributed by atoms with Gasteiger partial charge in [0, 0.05) is 25.6 Å². The molecule has 0 spiro atoms. The van der Waals surface area contributed by atoms with Gasteiger partial charge in [0.05, 0.1) is 0 Å². The van der Waals surface area contributed by atoms with Crippen LogP contribution in [-0.2, 0) is 13.5 Å². The predicted molar refractivity (Wildman–Crippen MR) is 65.0 cm³/mol. The lowest BCUT2D eigenvalue weighted by atomic mass is 10.3. The van der Waals surface area contributed by atoms with Crippen LogP contribution < -0.4 is 5.32 Å². The molecular weight excluding hydrogens is 240 g/mol. The van der Waals surface area contributed by atoms with Crippen molar-refractivity contribution in [3.05, 3.63) is 29.2 Å². The highest BCUT2D eigenvalue weighted by atomic mass is 35.5. The highest BCUT2D eigenvalue weighted by Crippen LogP contribution is 2.17. The van der Waals surface area contributed by atoms with E-state index in [9.17, 15) is 0 Å². The van der Waals surface area contributed by atoms with Crippen molar-refractivity contribution in [2.45, 2.75) is 13.3 Å².